The van der Waals surface area contributed by atoms with Crippen molar-refractivity contribution in [2.45, 2.75) is 26.3 Å². The zero-order valence-corrected chi connectivity index (χ0v) is 15.1. The minimum absolute atomic E-state index is 0.0873. The van der Waals surface area contributed by atoms with Crippen LogP contribution < -0.4 is 10.1 Å². The molecule has 0 saturated carbocycles. The Morgan fingerprint density at radius 3 is 2.77 bits per heavy atom. The number of rotatable bonds is 6. The molecule has 0 aliphatic rings. The van der Waals surface area contributed by atoms with E-state index in [4.69, 9.17) is 4.74 Å². The number of aryl methyl sites for hydroxylation is 1. The molecule has 0 aliphatic heterocycles. The predicted octanol–water partition coefficient (Wildman–Crippen LogP) is 4.12. The third-order valence-corrected chi connectivity index (χ3v) is 4.22. The molecule has 3 rings (SSSR count). The molecule has 0 amide bonds. The molecule has 0 aliphatic carbocycles. The molecule has 0 unspecified atom stereocenters. The van der Waals surface area contributed by atoms with Crippen molar-refractivity contribution in [2.24, 2.45) is 0 Å². The van der Waals surface area contributed by atoms with Gasteiger partial charge in [-0.3, -0.25) is 4.98 Å². The van der Waals surface area contributed by atoms with Crippen LogP contribution in [0.4, 0.5) is 5.82 Å². The van der Waals surface area contributed by atoms with Gasteiger partial charge in [-0.05, 0) is 43.2 Å². The predicted molar refractivity (Wildman–Crippen MR) is 101 cm³/mol. The fraction of sp³-hybridized carbons (Fsp3) is 0.250. The third-order valence-electron chi connectivity index (χ3n) is 4.22. The van der Waals surface area contributed by atoms with E-state index >= 15 is 0 Å². The van der Waals surface area contributed by atoms with Crippen molar-refractivity contribution in [1.82, 2.24) is 15.0 Å². The second kappa shape index (κ2) is 7.82. The number of aromatic hydroxyl groups is 1. The van der Waals surface area contributed by atoms with E-state index in [1.807, 2.05) is 19.2 Å². The summed E-state index contributed by atoms with van der Waals surface area (Å²) in [4.78, 5) is 13.3. The summed E-state index contributed by atoms with van der Waals surface area (Å²) in [5.41, 5.74) is 2.85. The molecular formula is C20H22N4O2. The number of phenols is 1. The van der Waals surface area contributed by atoms with Gasteiger partial charge in [-0.15, -0.1) is 0 Å². The van der Waals surface area contributed by atoms with Crippen LogP contribution in [0.2, 0.25) is 0 Å². The van der Waals surface area contributed by atoms with Gasteiger partial charge in [-0.25, -0.2) is 9.97 Å². The van der Waals surface area contributed by atoms with Crippen LogP contribution in [0.15, 0.2) is 48.9 Å². The van der Waals surface area contributed by atoms with Crippen molar-refractivity contribution in [2.75, 3.05) is 12.4 Å². The van der Waals surface area contributed by atoms with E-state index in [-0.39, 0.29) is 11.8 Å². The van der Waals surface area contributed by atoms with Gasteiger partial charge in [0.25, 0.3) is 0 Å². The van der Waals surface area contributed by atoms with Crippen LogP contribution in [0.25, 0.3) is 11.4 Å². The zero-order chi connectivity index (χ0) is 18.5. The first-order chi connectivity index (χ1) is 12.6. The first kappa shape index (κ1) is 17.7. The number of nitrogens with zero attached hydrogens (tertiary/aromatic N) is 3. The lowest BCUT2D eigenvalue weighted by molar-refractivity contribution is 0.373. The Bertz CT molecular complexity index is 884. The van der Waals surface area contributed by atoms with Crippen LogP contribution in [0.3, 0.4) is 0 Å². The topological polar surface area (TPSA) is 80.2 Å². The smallest absolute Gasteiger partial charge is 0.161 e. The summed E-state index contributed by atoms with van der Waals surface area (Å²) < 4.78 is 5.17. The zero-order valence-electron chi connectivity index (χ0n) is 15.1. The van der Waals surface area contributed by atoms with Gasteiger partial charge in [0.2, 0.25) is 0 Å². The summed E-state index contributed by atoms with van der Waals surface area (Å²) in [6, 6.07) is 9.17. The maximum absolute atomic E-state index is 9.77. The number of aromatic nitrogens is 3. The Labute approximate surface area is 152 Å². The molecule has 0 saturated heterocycles. The van der Waals surface area contributed by atoms with E-state index in [9.17, 15) is 5.11 Å². The van der Waals surface area contributed by atoms with E-state index in [0.29, 0.717) is 11.6 Å². The van der Waals surface area contributed by atoms with Gasteiger partial charge in [0.15, 0.2) is 17.3 Å². The lowest BCUT2D eigenvalue weighted by atomic mass is 10.1. The molecule has 26 heavy (non-hydrogen) atoms. The highest BCUT2D eigenvalue weighted by Gasteiger charge is 2.14. The number of benzene rings is 1. The molecule has 0 fully saturated rings. The fourth-order valence-corrected chi connectivity index (χ4v) is 2.71. The minimum atomic E-state index is 0.0873. The molecule has 2 aromatic heterocycles. The summed E-state index contributed by atoms with van der Waals surface area (Å²) in [6.07, 6.45) is 6.32. The Balaban J connectivity index is 1.93. The molecule has 0 radical (unpaired) electrons. The van der Waals surface area contributed by atoms with E-state index in [1.165, 1.54) is 7.11 Å². The lowest BCUT2D eigenvalue weighted by Crippen LogP contribution is -2.12. The SMILES string of the molecule is CC[C@H](Nc1nc(-c2ccc(O)c(OC)c2)ncc1C)c1cccnc1. The maximum Gasteiger partial charge on any atom is 0.161 e. The number of anilines is 1. The number of hydrogen-bond acceptors (Lipinski definition) is 6. The quantitative estimate of drug-likeness (QED) is 0.696. The molecule has 2 heterocycles. The second-order valence-corrected chi connectivity index (χ2v) is 6.00. The Kier molecular flexibility index (Phi) is 5.31. The van der Waals surface area contributed by atoms with Crippen molar-refractivity contribution in [3.05, 3.63) is 60.0 Å². The number of phenolic OH excluding ortho intramolecular Hbond substituents is 1. The Morgan fingerprint density at radius 1 is 1.23 bits per heavy atom. The largest absolute Gasteiger partial charge is 0.504 e. The highest BCUT2D eigenvalue weighted by atomic mass is 16.5. The van der Waals surface area contributed by atoms with Crippen molar-refractivity contribution < 1.29 is 9.84 Å². The second-order valence-electron chi connectivity index (χ2n) is 6.00. The van der Waals surface area contributed by atoms with Gasteiger partial charge in [0, 0.05) is 29.7 Å². The number of hydrogen-bond donors (Lipinski definition) is 2. The third kappa shape index (κ3) is 3.74. The molecular weight excluding hydrogens is 328 g/mol. The fourth-order valence-electron chi connectivity index (χ4n) is 2.71. The number of pyridine rings is 1. The average molecular weight is 350 g/mol. The Morgan fingerprint density at radius 2 is 2.08 bits per heavy atom. The summed E-state index contributed by atoms with van der Waals surface area (Å²) in [5, 5.41) is 13.3. The van der Waals surface area contributed by atoms with Gasteiger partial charge in [-0.2, -0.15) is 0 Å². The van der Waals surface area contributed by atoms with Gasteiger partial charge < -0.3 is 15.2 Å². The maximum atomic E-state index is 9.77. The van der Waals surface area contributed by atoms with Crippen LogP contribution in [0.1, 0.15) is 30.5 Å². The van der Waals surface area contributed by atoms with Crippen molar-refractivity contribution in [3.63, 3.8) is 0 Å². The number of nitrogens with one attached hydrogen (secondary N) is 1. The van der Waals surface area contributed by atoms with Gasteiger partial charge >= 0.3 is 0 Å². The molecule has 2 N–H and O–H groups in total. The molecule has 0 bridgehead atoms. The monoisotopic (exact) mass is 350 g/mol. The molecule has 3 aromatic rings. The Hall–Kier alpha value is -3.15. The molecule has 6 heteroatoms. The van der Waals surface area contributed by atoms with E-state index < -0.39 is 0 Å². The summed E-state index contributed by atoms with van der Waals surface area (Å²) in [6.45, 7) is 4.09. The lowest BCUT2D eigenvalue weighted by Gasteiger charge is -2.19. The summed E-state index contributed by atoms with van der Waals surface area (Å²) in [5.74, 6) is 1.82. The minimum Gasteiger partial charge on any atom is -0.504 e. The van der Waals surface area contributed by atoms with Crippen LogP contribution in [0.5, 0.6) is 11.5 Å². The van der Waals surface area contributed by atoms with Crippen molar-refractivity contribution in [1.29, 1.82) is 0 Å². The average Bonchev–Trinajstić information content (AvgIpc) is 2.68. The first-order valence-corrected chi connectivity index (χ1v) is 8.49. The first-order valence-electron chi connectivity index (χ1n) is 8.49. The number of methoxy groups -OCH3 is 1. The van der Waals surface area contributed by atoms with E-state index in [0.717, 1.165) is 28.9 Å². The molecule has 1 aromatic carbocycles. The molecule has 0 spiro atoms. The van der Waals surface area contributed by atoms with Crippen LogP contribution >= 0.6 is 0 Å². The van der Waals surface area contributed by atoms with E-state index in [1.54, 1.807) is 30.6 Å². The highest BCUT2D eigenvalue weighted by Crippen LogP contribution is 2.31. The van der Waals surface area contributed by atoms with Crippen LogP contribution in [-0.4, -0.2) is 27.2 Å². The highest BCUT2D eigenvalue weighted by molar-refractivity contribution is 5.63. The van der Waals surface area contributed by atoms with Gasteiger partial charge in [-0.1, -0.05) is 13.0 Å². The van der Waals surface area contributed by atoms with Crippen molar-refractivity contribution in [3.8, 4) is 22.9 Å². The van der Waals surface area contributed by atoms with Gasteiger partial charge in [0.05, 0.1) is 13.2 Å². The molecule has 1 atom stereocenters. The summed E-state index contributed by atoms with van der Waals surface area (Å²) in [7, 11) is 1.52. The van der Waals surface area contributed by atoms with Gasteiger partial charge in [0.1, 0.15) is 5.82 Å². The number of ether oxygens (including phenoxy) is 1. The molecule has 134 valence electrons. The van der Waals surface area contributed by atoms with Crippen molar-refractivity contribution >= 4 is 5.82 Å². The normalized spacial score (nSPS) is 11.8. The summed E-state index contributed by atoms with van der Waals surface area (Å²) >= 11 is 0. The van der Waals surface area contributed by atoms with Crippen LogP contribution in [0, 0.1) is 6.92 Å². The molecule has 6 nitrogen and oxygen atoms in total. The standard InChI is InChI=1S/C20H22N4O2/c1-4-16(15-6-5-9-21-12-15)23-19-13(2)11-22-20(24-19)14-7-8-17(25)18(10-14)26-3/h5-12,16,25H,4H2,1-3H3,(H,22,23,24)/t16-/m0/s1. The van der Waals surface area contributed by atoms with E-state index in [2.05, 4.69) is 33.3 Å². The van der Waals surface area contributed by atoms with Crippen LogP contribution in [-0.2, 0) is 0 Å².